The maximum absolute atomic E-state index is 13.0. The number of unbranched alkanes of at least 4 members (excludes halogenated alkanes) is 1. The summed E-state index contributed by atoms with van der Waals surface area (Å²) in [5.41, 5.74) is 0. The summed E-state index contributed by atoms with van der Waals surface area (Å²) in [6.07, 6.45) is 4.32. The molecule has 2 aromatic carbocycles. The smallest absolute Gasteiger partial charge is 0.242 e. The molecule has 1 aliphatic rings. The standard InChI is InChI=1S/C24H34N6O4S/c1-18-10-13-30(22(14-18)24(32)27-12-5-4-11-26-17-28-25)23(31)16-29-35(33,34)21-9-8-19-6-2-3-7-20(19)15-21/h2-3,6-9,15,17-18,22,29H,4-5,10-14,16,25H2,1H3,(H,26,28)(H,27,32)/t18-,22-/m1/s1. The van der Waals surface area contributed by atoms with Gasteiger partial charge in [0.25, 0.3) is 0 Å². The highest BCUT2D eigenvalue weighted by Gasteiger charge is 2.35. The number of carbonyl (C=O) groups is 2. The Kier molecular flexibility index (Phi) is 9.44. The van der Waals surface area contributed by atoms with E-state index >= 15 is 0 Å². The number of nitrogens with zero attached hydrogens (tertiary/aromatic N) is 2. The van der Waals surface area contributed by atoms with Gasteiger partial charge in [0, 0.05) is 19.6 Å². The zero-order valence-corrected chi connectivity index (χ0v) is 20.8. The lowest BCUT2D eigenvalue weighted by Gasteiger charge is -2.37. The van der Waals surface area contributed by atoms with Gasteiger partial charge in [-0.2, -0.15) is 5.10 Å². The molecule has 0 saturated carbocycles. The molecule has 2 amide bonds. The number of benzene rings is 2. The second kappa shape index (κ2) is 12.5. The van der Waals surface area contributed by atoms with Crippen molar-refractivity contribution in [3.63, 3.8) is 0 Å². The number of sulfonamides is 1. The third-order valence-electron chi connectivity index (χ3n) is 6.15. The Morgan fingerprint density at radius 2 is 1.89 bits per heavy atom. The predicted octanol–water partition coefficient (Wildman–Crippen LogP) is 1.13. The average molecular weight is 503 g/mol. The zero-order chi connectivity index (χ0) is 25.3. The molecule has 0 bridgehead atoms. The number of likely N-dealkylation sites (tertiary alicyclic amines) is 1. The van der Waals surface area contributed by atoms with Crippen LogP contribution in [0.5, 0.6) is 0 Å². The summed E-state index contributed by atoms with van der Waals surface area (Å²) in [7, 11) is -3.88. The van der Waals surface area contributed by atoms with Gasteiger partial charge in [0.2, 0.25) is 21.8 Å². The second-order valence-electron chi connectivity index (χ2n) is 8.80. The van der Waals surface area contributed by atoms with Crippen LogP contribution in [0.15, 0.2) is 52.5 Å². The van der Waals surface area contributed by atoms with Gasteiger partial charge in [0.05, 0.1) is 11.4 Å². The summed E-state index contributed by atoms with van der Waals surface area (Å²) < 4.78 is 28.0. The van der Waals surface area contributed by atoms with E-state index < -0.39 is 28.5 Å². The molecule has 1 heterocycles. The molecule has 2 atom stereocenters. The van der Waals surface area contributed by atoms with E-state index in [2.05, 4.69) is 27.4 Å². The Hall–Kier alpha value is -3.18. The first kappa shape index (κ1) is 26.4. The van der Waals surface area contributed by atoms with Gasteiger partial charge >= 0.3 is 0 Å². The van der Waals surface area contributed by atoms with Crippen LogP contribution < -0.4 is 21.2 Å². The summed E-state index contributed by atoms with van der Waals surface area (Å²) in [5.74, 6) is 4.69. The number of piperidine rings is 1. The second-order valence-corrected chi connectivity index (χ2v) is 10.6. The summed E-state index contributed by atoms with van der Waals surface area (Å²) >= 11 is 0. The fourth-order valence-corrected chi connectivity index (χ4v) is 5.17. The Labute approximate surface area is 206 Å². The van der Waals surface area contributed by atoms with Crippen molar-refractivity contribution in [3.8, 4) is 0 Å². The van der Waals surface area contributed by atoms with E-state index in [1.807, 2.05) is 24.3 Å². The van der Waals surface area contributed by atoms with Crippen LogP contribution in [-0.2, 0) is 19.6 Å². The number of nitrogens with two attached hydrogens (primary N) is 1. The molecule has 0 aromatic heterocycles. The molecule has 1 fully saturated rings. The Morgan fingerprint density at radius 3 is 2.66 bits per heavy atom. The maximum Gasteiger partial charge on any atom is 0.242 e. The molecule has 190 valence electrons. The van der Waals surface area contributed by atoms with Crippen LogP contribution in [0.4, 0.5) is 0 Å². The molecule has 5 N–H and O–H groups in total. The quantitative estimate of drug-likeness (QED) is 0.119. The lowest BCUT2D eigenvalue weighted by Crippen LogP contribution is -2.55. The van der Waals surface area contributed by atoms with Crippen LogP contribution in [0.25, 0.3) is 10.8 Å². The van der Waals surface area contributed by atoms with Gasteiger partial charge in [-0.1, -0.05) is 37.3 Å². The third kappa shape index (κ3) is 7.40. The van der Waals surface area contributed by atoms with Crippen LogP contribution in [0.2, 0.25) is 0 Å². The largest absolute Gasteiger partial charge is 0.375 e. The first-order valence-electron chi connectivity index (χ1n) is 11.8. The predicted molar refractivity (Wildman–Crippen MR) is 136 cm³/mol. The van der Waals surface area contributed by atoms with E-state index in [4.69, 9.17) is 5.84 Å². The van der Waals surface area contributed by atoms with Gasteiger partial charge in [-0.05, 0) is 54.5 Å². The molecule has 11 heteroatoms. The first-order chi connectivity index (χ1) is 16.8. The molecule has 1 saturated heterocycles. The van der Waals surface area contributed by atoms with Crippen molar-refractivity contribution < 1.29 is 18.0 Å². The first-order valence-corrected chi connectivity index (χ1v) is 13.3. The van der Waals surface area contributed by atoms with Crippen molar-refractivity contribution in [2.75, 3.05) is 26.2 Å². The highest BCUT2D eigenvalue weighted by Crippen LogP contribution is 2.23. The molecular weight excluding hydrogens is 468 g/mol. The van der Waals surface area contributed by atoms with Crippen molar-refractivity contribution in [1.29, 1.82) is 0 Å². The number of rotatable bonds is 11. The summed E-state index contributed by atoms with van der Waals surface area (Å²) in [6.45, 7) is 3.25. The topological polar surface area (TPSA) is 146 Å². The van der Waals surface area contributed by atoms with Crippen LogP contribution in [0, 0.1) is 5.92 Å². The number of fused-ring (bicyclic) bond motifs is 1. The molecule has 0 radical (unpaired) electrons. The Morgan fingerprint density at radius 1 is 1.14 bits per heavy atom. The minimum atomic E-state index is -3.88. The Bertz CT molecular complexity index is 1150. The molecule has 0 spiro atoms. The summed E-state index contributed by atoms with van der Waals surface area (Å²) in [5, 5.41) is 10.9. The molecule has 35 heavy (non-hydrogen) atoms. The number of carbonyl (C=O) groups excluding carboxylic acids is 2. The highest BCUT2D eigenvalue weighted by atomic mass is 32.2. The lowest BCUT2D eigenvalue weighted by atomic mass is 9.91. The van der Waals surface area contributed by atoms with Crippen molar-refractivity contribution in [3.05, 3.63) is 42.5 Å². The number of amides is 2. The van der Waals surface area contributed by atoms with Gasteiger partial charge < -0.3 is 21.4 Å². The van der Waals surface area contributed by atoms with Crippen molar-refractivity contribution in [1.82, 2.24) is 20.3 Å². The normalized spacial score (nSPS) is 18.6. The van der Waals surface area contributed by atoms with Crippen LogP contribution >= 0.6 is 0 Å². The van der Waals surface area contributed by atoms with Gasteiger partial charge in [-0.3, -0.25) is 9.59 Å². The van der Waals surface area contributed by atoms with E-state index in [-0.39, 0.29) is 10.8 Å². The van der Waals surface area contributed by atoms with E-state index in [9.17, 15) is 18.0 Å². The monoisotopic (exact) mass is 502 g/mol. The van der Waals surface area contributed by atoms with E-state index in [1.54, 1.807) is 12.1 Å². The van der Waals surface area contributed by atoms with Crippen molar-refractivity contribution in [2.45, 2.75) is 43.5 Å². The minimum absolute atomic E-state index is 0.0952. The van der Waals surface area contributed by atoms with Crippen LogP contribution in [0.1, 0.15) is 32.6 Å². The maximum atomic E-state index is 13.0. The average Bonchev–Trinajstić information content (AvgIpc) is 2.86. The number of nitrogens with one attached hydrogen (secondary N) is 3. The van der Waals surface area contributed by atoms with Gasteiger partial charge in [0.1, 0.15) is 12.4 Å². The van der Waals surface area contributed by atoms with Gasteiger partial charge in [0.15, 0.2) is 0 Å². The molecule has 2 aromatic rings. The SMILES string of the molecule is C[C@@H]1CCN(C(=O)CNS(=O)(=O)c2ccc3ccccc3c2)[C@@H](C(=O)NCCCCNC=NN)C1. The molecule has 0 unspecified atom stereocenters. The summed E-state index contributed by atoms with van der Waals surface area (Å²) in [6, 6.07) is 11.7. The van der Waals surface area contributed by atoms with Crippen molar-refractivity contribution in [2.24, 2.45) is 16.9 Å². The fraction of sp³-hybridized carbons (Fsp3) is 0.458. The van der Waals surface area contributed by atoms with Crippen LogP contribution in [-0.4, -0.2) is 63.7 Å². The zero-order valence-electron chi connectivity index (χ0n) is 19.9. The number of hydrogen-bond donors (Lipinski definition) is 4. The third-order valence-corrected chi connectivity index (χ3v) is 7.54. The molecule has 3 rings (SSSR count). The molecular formula is C24H34N6O4S. The minimum Gasteiger partial charge on any atom is -0.375 e. The number of hydrogen-bond acceptors (Lipinski definition) is 6. The van der Waals surface area contributed by atoms with Gasteiger partial charge in [-0.15, -0.1) is 0 Å². The van der Waals surface area contributed by atoms with E-state index in [1.165, 1.54) is 17.3 Å². The Balaban J connectivity index is 1.56. The van der Waals surface area contributed by atoms with E-state index in [0.29, 0.717) is 32.0 Å². The molecule has 1 aliphatic heterocycles. The lowest BCUT2D eigenvalue weighted by molar-refractivity contribution is -0.142. The van der Waals surface area contributed by atoms with E-state index in [0.717, 1.165) is 30.0 Å². The summed E-state index contributed by atoms with van der Waals surface area (Å²) in [4.78, 5) is 27.4. The highest BCUT2D eigenvalue weighted by molar-refractivity contribution is 7.89. The van der Waals surface area contributed by atoms with Crippen LogP contribution in [0.3, 0.4) is 0 Å². The fourth-order valence-electron chi connectivity index (χ4n) is 4.16. The number of hydrazone groups is 1. The molecule has 10 nitrogen and oxygen atoms in total. The van der Waals surface area contributed by atoms with Gasteiger partial charge in [-0.25, -0.2) is 13.1 Å². The molecule has 0 aliphatic carbocycles. The van der Waals surface area contributed by atoms with Crippen molar-refractivity contribution >= 4 is 38.9 Å².